The normalized spacial score (nSPS) is 10.9. The van der Waals surface area contributed by atoms with Gasteiger partial charge in [-0.15, -0.1) is 11.6 Å². The number of benzene rings is 1. The maximum Gasteiger partial charge on any atom is 0.264 e. The van der Waals surface area contributed by atoms with Crippen LogP contribution >= 0.6 is 23.2 Å². The van der Waals surface area contributed by atoms with Crippen LogP contribution in [0, 0.1) is 0 Å². The van der Waals surface area contributed by atoms with E-state index in [1.54, 1.807) is 6.07 Å². The Bertz CT molecular complexity index is 300. The molecule has 0 N–H and O–H groups in total. The first-order valence-corrected chi connectivity index (χ1v) is 5.19. The Hall–Kier alpha value is -0.340. The van der Waals surface area contributed by atoms with Crippen LogP contribution in [0.25, 0.3) is 0 Å². The third kappa shape index (κ3) is 3.10. The van der Waals surface area contributed by atoms with Gasteiger partial charge in [-0.1, -0.05) is 17.7 Å². The molecule has 0 amide bonds. The Morgan fingerprint density at radius 3 is 2.57 bits per heavy atom. The molecule has 0 aromatic heterocycles. The molecule has 1 rings (SSSR count). The number of halogens is 4. The molecule has 0 heterocycles. The summed E-state index contributed by atoms with van der Waals surface area (Å²) in [5.74, 6) is 0.467. The van der Waals surface area contributed by atoms with Crippen LogP contribution in [0.5, 0.6) is 0 Å². The topological polar surface area (TPSA) is 0 Å². The van der Waals surface area contributed by atoms with Crippen molar-refractivity contribution in [1.82, 2.24) is 0 Å². The molecule has 0 spiro atoms. The molecule has 14 heavy (non-hydrogen) atoms. The van der Waals surface area contributed by atoms with Crippen LogP contribution in [0.2, 0.25) is 5.02 Å². The lowest BCUT2D eigenvalue weighted by Gasteiger charge is -2.08. The summed E-state index contributed by atoms with van der Waals surface area (Å²) in [6.07, 6.45) is -1.22. The Morgan fingerprint density at radius 2 is 2.00 bits per heavy atom. The minimum absolute atomic E-state index is 0.0551. The molecular formula is C10H10Cl2F2. The number of rotatable bonds is 4. The highest BCUT2D eigenvalue weighted by atomic mass is 35.5. The van der Waals surface area contributed by atoms with Gasteiger partial charge in [-0.3, -0.25) is 0 Å². The van der Waals surface area contributed by atoms with Crippen molar-refractivity contribution in [3.8, 4) is 0 Å². The standard InChI is InChI=1S/C10H10Cl2F2/c11-5-1-2-7-6-8(12)3-4-9(7)10(13)14/h3-4,6,10H,1-2,5H2. The average Bonchev–Trinajstić information content (AvgIpc) is 2.14. The van der Waals surface area contributed by atoms with Crippen LogP contribution in [-0.2, 0) is 6.42 Å². The van der Waals surface area contributed by atoms with E-state index in [1.165, 1.54) is 12.1 Å². The Labute approximate surface area is 91.8 Å². The van der Waals surface area contributed by atoms with Gasteiger partial charge < -0.3 is 0 Å². The van der Waals surface area contributed by atoms with Gasteiger partial charge in [-0.2, -0.15) is 0 Å². The van der Waals surface area contributed by atoms with Crippen molar-refractivity contribution in [2.45, 2.75) is 19.3 Å². The van der Waals surface area contributed by atoms with Gasteiger partial charge in [-0.25, -0.2) is 8.78 Å². The van der Waals surface area contributed by atoms with Crippen molar-refractivity contribution in [2.75, 3.05) is 5.88 Å². The number of aryl methyl sites for hydroxylation is 1. The van der Waals surface area contributed by atoms with Crippen LogP contribution < -0.4 is 0 Å². The Morgan fingerprint density at radius 1 is 1.29 bits per heavy atom. The molecule has 0 nitrogen and oxygen atoms in total. The average molecular weight is 239 g/mol. The minimum atomic E-state index is -2.45. The highest BCUT2D eigenvalue weighted by Gasteiger charge is 2.12. The van der Waals surface area contributed by atoms with E-state index in [0.717, 1.165) is 0 Å². The van der Waals surface area contributed by atoms with Crippen LogP contribution in [-0.4, -0.2) is 5.88 Å². The van der Waals surface area contributed by atoms with Gasteiger partial charge >= 0.3 is 0 Å². The van der Waals surface area contributed by atoms with E-state index >= 15 is 0 Å². The summed E-state index contributed by atoms with van der Waals surface area (Å²) < 4.78 is 25.0. The van der Waals surface area contributed by atoms with Gasteiger partial charge in [0, 0.05) is 16.5 Å². The number of hydrogen-bond donors (Lipinski definition) is 0. The van der Waals surface area contributed by atoms with Crippen molar-refractivity contribution < 1.29 is 8.78 Å². The zero-order valence-corrected chi connectivity index (χ0v) is 8.95. The number of hydrogen-bond acceptors (Lipinski definition) is 0. The first-order chi connectivity index (χ1) is 6.65. The van der Waals surface area contributed by atoms with Crippen LogP contribution in [0.4, 0.5) is 8.78 Å². The van der Waals surface area contributed by atoms with Crippen molar-refractivity contribution in [3.63, 3.8) is 0 Å². The zero-order valence-electron chi connectivity index (χ0n) is 7.44. The fourth-order valence-corrected chi connectivity index (χ4v) is 1.59. The summed E-state index contributed by atoms with van der Waals surface area (Å²) in [4.78, 5) is 0. The summed E-state index contributed by atoms with van der Waals surface area (Å²) in [6.45, 7) is 0. The fourth-order valence-electron chi connectivity index (χ4n) is 1.26. The third-order valence-electron chi connectivity index (χ3n) is 1.92. The van der Waals surface area contributed by atoms with Crippen molar-refractivity contribution in [2.24, 2.45) is 0 Å². The first kappa shape index (κ1) is 11.7. The molecule has 0 saturated carbocycles. The predicted octanol–water partition coefficient (Wildman–Crippen LogP) is 4.45. The molecule has 0 bridgehead atoms. The maximum absolute atomic E-state index is 12.5. The molecule has 0 fully saturated rings. The van der Waals surface area contributed by atoms with E-state index < -0.39 is 6.43 Å². The highest BCUT2D eigenvalue weighted by molar-refractivity contribution is 6.30. The van der Waals surface area contributed by atoms with E-state index in [9.17, 15) is 8.78 Å². The van der Waals surface area contributed by atoms with Gasteiger partial charge in [0.1, 0.15) is 0 Å². The summed E-state index contributed by atoms with van der Waals surface area (Å²) in [7, 11) is 0. The van der Waals surface area contributed by atoms with Gasteiger partial charge in [0.15, 0.2) is 0 Å². The van der Waals surface area contributed by atoms with E-state index in [0.29, 0.717) is 29.3 Å². The second kappa shape index (κ2) is 5.52. The second-order valence-corrected chi connectivity index (χ2v) is 3.75. The quantitative estimate of drug-likeness (QED) is 0.681. The lowest BCUT2D eigenvalue weighted by molar-refractivity contribution is 0.150. The molecule has 1 aromatic rings. The predicted molar refractivity (Wildman–Crippen MR) is 55.5 cm³/mol. The maximum atomic E-state index is 12.5. The van der Waals surface area contributed by atoms with E-state index in [1.807, 2.05) is 0 Å². The monoisotopic (exact) mass is 238 g/mol. The van der Waals surface area contributed by atoms with Crippen molar-refractivity contribution in [3.05, 3.63) is 34.3 Å². The smallest absolute Gasteiger partial charge is 0.205 e. The molecule has 0 unspecified atom stereocenters. The third-order valence-corrected chi connectivity index (χ3v) is 2.42. The molecular weight excluding hydrogens is 229 g/mol. The van der Waals surface area contributed by atoms with Gasteiger partial charge in [0.2, 0.25) is 0 Å². The lowest BCUT2D eigenvalue weighted by Crippen LogP contribution is -1.95. The zero-order chi connectivity index (χ0) is 10.6. The molecule has 0 atom stereocenters. The lowest BCUT2D eigenvalue weighted by atomic mass is 10.0. The second-order valence-electron chi connectivity index (χ2n) is 2.94. The van der Waals surface area contributed by atoms with Crippen molar-refractivity contribution in [1.29, 1.82) is 0 Å². The Balaban J connectivity index is 2.91. The summed E-state index contributed by atoms with van der Waals surface area (Å²) in [5, 5.41) is 0.485. The minimum Gasteiger partial charge on any atom is -0.205 e. The molecule has 78 valence electrons. The molecule has 0 aliphatic heterocycles. The molecule has 0 aliphatic rings. The molecule has 0 aliphatic carbocycles. The van der Waals surface area contributed by atoms with E-state index in [4.69, 9.17) is 23.2 Å². The van der Waals surface area contributed by atoms with Crippen LogP contribution in [0.1, 0.15) is 24.0 Å². The highest BCUT2D eigenvalue weighted by Crippen LogP contribution is 2.26. The first-order valence-electron chi connectivity index (χ1n) is 4.27. The van der Waals surface area contributed by atoms with E-state index in [2.05, 4.69) is 0 Å². The van der Waals surface area contributed by atoms with Crippen LogP contribution in [0.15, 0.2) is 18.2 Å². The molecule has 4 heteroatoms. The van der Waals surface area contributed by atoms with Crippen molar-refractivity contribution >= 4 is 23.2 Å². The largest absolute Gasteiger partial charge is 0.264 e. The summed E-state index contributed by atoms with van der Waals surface area (Å²) in [6, 6.07) is 4.43. The summed E-state index contributed by atoms with van der Waals surface area (Å²) >= 11 is 11.2. The van der Waals surface area contributed by atoms with Gasteiger partial charge in [-0.05, 0) is 30.5 Å². The number of alkyl halides is 3. The molecule has 0 radical (unpaired) electrons. The Kier molecular flexibility index (Phi) is 4.63. The summed E-state index contributed by atoms with van der Waals surface area (Å²) in [5.41, 5.74) is 0.646. The van der Waals surface area contributed by atoms with Crippen LogP contribution in [0.3, 0.4) is 0 Å². The molecule has 0 saturated heterocycles. The molecule has 1 aromatic carbocycles. The SMILES string of the molecule is FC(F)c1ccc(Cl)cc1CCCCl. The fraction of sp³-hybridized carbons (Fsp3) is 0.400. The van der Waals surface area contributed by atoms with E-state index in [-0.39, 0.29) is 5.56 Å². The van der Waals surface area contributed by atoms with Gasteiger partial charge in [0.25, 0.3) is 6.43 Å². The van der Waals surface area contributed by atoms with Gasteiger partial charge in [0.05, 0.1) is 0 Å².